The Morgan fingerprint density at radius 3 is 2.52 bits per heavy atom. The molecule has 1 aliphatic heterocycles. The molecule has 3 rings (SSSR count). The van der Waals surface area contributed by atoms with E-state index in [0.717, 1.165) is 57.9 Å². The second kappa shape index (κ2) is 9.01. The van der Waals surface area contributed by atoms with Crippen LogP contribution in [0.3, 0.4) is 0 Å². The number of hydrogen-bond donors (Lipinski definition) is 0. The van der Waals surface area contributed by atoms with Crippen molar-refractivity contribution < 1.29 is 4.79 Å². The summed E-state index contributed by atoms with van der Waals surface area (Å²) in [4.78, 5) is 17.0. The zero-order valence-electron chi connectivity index (χ0n) is 15.1. The largest absolute Gasteiger partial charge is 0.341 e. The summed E-state index contributed by atoms with van der Waals surface area (Å²) in [7, 11) is 0. The summed E-state index contributed by atoms with van der Waals surface area (Å²) < 4.78 is 0. The van der Waals surface area contributed by atoms with Crippen LogP contribution in [0.2, 0.25) is 0 Å². The second-order valence-corrected chi connectivity index (χ2v) is 7.51. The molecule has 0 N–H and O–H groups in total. The summed E-state index contributed by atoms with van der Waals surface area (Å²) in [5.74, 6) is 1.15. The smallest absolute Gasteiger partial charge is 0.222 e. The summed E-state index contributed by atoms with van der Waals surface area (Å²) in [5, 5.41) is 8.88. The fraction of sp³-hybridized carbons (Fsp3) is 0.619. The van der Waals surface area contributed by atoms with Gasteiger partial charge in [0.15, 0.2) is 0 Å². The summed E-state index contributed by atoms with van der Waals surface area (Å²) >= 11 is 0. The average Bonchev–Trinajstić information content (AvgIpc) is 3.06. The third kappa shape index (κ3) is 5.31. The van der Waals surface area contributed by atoms with E-state index in [9.17, 15) is 4.79 Å². The lowest BCUT2D eigenvalue weighted by atomic mass is 10.0. The normalized spacial score (nSPS) is 19.6. The Morgan fingerprint density at radius 1 is 1.04 bits per heavy atom. The van der Waals surface area contributed by atoms with Crippen molar-refractivity contribution in [1.29, 1.82) is 5.26 Å². The minimum atomic E-state index is 0.354. The first-order valence-corrected chi connectivity index (χ1v) is 9.74. The summed E-state index contributed by atoms with van der Waals surface area (Å²) in [6.45, 7) is 4.62. The molecule has 2 fully saturated rings. The number of carbonyl (C=O) groups is 1. The van der Waals surface area contributed by atoms with Gasteiger partial charge in [-0.2, -0.15) is 5.26 Å². The third-order valence-corrected chi connectivity index (χ3v) is 5.67. The van der Waals surface area contributed by atoms with Gasteiger partial charge < -0.3 is 4.90 Å². The van der Waals surface area contributed by atoms with Gasteiger partial charge in [0.1, 0.15) is 0 Å². The molecule has 4 heteroatoms. The van der Waals surface area contributed by atoms with Crippen molar-refractivity contribution in [2.75, 3.05) is 26.2 Å². The van der Waals surface area contributed by atoms with Gasteiger partial charge in [-0.05, 0) is 36.5 Å². The minimum absolute atomic E-state index is 0.354. The minimum Gasteiger partial charge on any atom is -0.341 e. The molecule has 1 saturated carbocycles. The predicted molar refractivity (Wildman–Crippen MR) is 98.8 cm³/mol. The van der Waals surface area contributed by atoms with Gasteiger partial charge in [0.25, 0.3) is 0 Å². The quantitative estimate of drug-likeness (QED) is 0.824. The lowest BCUT2D eigenvalue weighted by molar-refractivity contribution is -0.131. The van der Waals surface area contributed by atoms with Crippen LogP contribution in [0.1, 0.15) is 56.1 Å². The molecule has 1 aromatic carbocycles. The number of amides is 1. The molecule has 1 heterocycles. The highest BCUT2D eigenvalue weighted by Gasteiger charge is 2.21. The zero-order chi connectivity index (χ0) is 17.5. The Balaban J connectivity index is 1.44. The molecule has 25 heavy (non-hydrogen) atoms. The van der Waals surface area contributed by atoms with Crippen LogP contribution in [-0.2, 0) is 11.3 Å². The Kier molecular flexibility index (Phi) is 6.47. The van der Waals surface area contributed by atoms with Crippen LogP contribution in [0.4, 0.5) is 0 Å². The van der Waals surface area contributed by atoms with Gasteiger partial charge in [0, 0.05) is 39.1 Å². The first kappa shape index (κ1) is 17.9. The molecule has 0 atom stereocenters. The van der Waals surface area contributed by atoms with Gasteiger partial charge in [0.2, 0.25) is 5.91 Å². The fourth-order valence-electron chi connectivity index (χ4n) is 4.11. The number of rotatable bonds is 5. The van der Waals surface area contributed by atoms with Crippen LogP contribution in [0.15, 0.2) is 24.3 Å². The Labute approximate surface area is 151 Å². The van der Waals surface area contributed by atoms with E-state index in [1.807, 2.05) is 24.3 Å². The van der Waals surface area contributed by atoms with E-state index in [1.54, 1.807) is 0 Å². The Hall–Kier alpha value is -1.86. The monoisotopic (exact) mass is 339 g/mol. The van der Waals surface area contributed by atoms with E-state index in [1.165, 1.54) is 31.2 Å². The Morgan fingerprint density at radius 2 is 1.80 bits per heavy atom. The first-order valence-electron chi connectivity index (χ1n) is 9.74. The molecule has 0 unspecified atom stereocenters. The van der Waals surface area contributed by atoms with Crippen molar-refractivity contribution in [3.05, 3.63) is 35.4 Å². The molecule has 1 saturated heterocycles. The number of benzene rings is 1. The number of carbonyl (C=O) groups excluding carboxylic acids is 1. The highest BCUT2D eigenvalue weighted by atomic mass is 16.2. The van der Waals surface area contributed by atoms with Crippen LogP contribution < -0.4 is 0 Å². The standard InChI is InChI=1S/C21H29N3O/c22-16-19-6-8-20(9-7-19)17-23-12-3-13-24(15-14-23)21(25)11-10-18-4-1-2-5-18/h6-9,18H,1-5,10-15,17H2. The second-order valence-electron chi connectivity index (χ2n) is 7.51. The molecule has 1 aliphatic carbocycles. The molecule has 0 bridgehead atoms. The van der Waals surface area contributed by atoms with Crippen molar-refractivity contribution in [3.8, 4) is 6.07 Å². The molecule has 1 aromatic rings. The molecule has 1 amide bonds. The maximum Gasteiger partial charge on any atom is 0.222 e. The SMILES string of the molecule is N#Cc1ccc(CN2CCCN(C(=O)CCC3CCCC3)CC2)cc1. The van der Waals surface area contributed by atoms with E-state index in [-0.39, 0.29) is 0 Å². The van der Waals surface area contributed by atoms with Gasteiger partial charge in [-0.1, -0.05) is 37.8 Å². The molecule has 2 aliphatic rings. The van der Waals surface area contributed by atoms with Gasteiger partial charge in [-0.3, -0.25) is 9.69 Å². The summed E-state index contributed by atoms with van der Waals surface area (Å²) in [5.41, 5.74) is 1.94. The molecule has 0 aromatic heterocycles. The predicted octanol–water partition coefficient (Wildman–Crippen LogP) is 3.56. The summed E-state index contributed by atoms with van der Waals surface area (Å²) in [6, 6.07) is 9.99. The molecule has 4 nitrogen and oxygen atoms in total. The maximum atomic E-state index is 12.5. The van der Waals surface area contributed by atoms with Crippen LogP contribution in [0, 0.1) is 17.2 Å². The summed E-state index contributed by atoms with van der Waals surface area (Å²) in [6.07, 6.45) is 8.23. The van der Waals surface area contributed by atoms with E-state index in [0.29, 0.717) is 11.5 Å². The van der Waals surface area contributed by atoms with Crippen molar-refractivity contribution in [1.82, 2.24) is 9.80 Å². The van der Waals surface area contributed by atoms with Crippen LogP contribution in [0.5, 0.6) is 0 Å². The van der Waals surface area contributed by atoms with Crippen LogP contribution in [0.25, 0.3) is 0 Å². The first-order chi connectivity index (χ1) is 12.2. The molecule has 0 radical (unpaired) electrons. The molecule has 134 valence electrons. The fourth-order valence-corrected chi connectivity index (χ4v) is 4.11. The van der Waals surface area contributed by atoms with Gasteiger partial charge >= 0.3 is 0 Å². The lowest BCUT2D eigenvalue weighted by Gasteiger charge is -2.22. The van der Waals surface area contributed by atoms with Crippen molar-refractivity contribution >= 4 is 5.91 Å². The van der Waals surface area contributed by atoms with E-state index >= 15 is 0 Å². The van der Waals surface area contributed by atoms with Gasteiger partial charge in [-0.25, -0.2) is 0 Å². The van der Waals surface area contributed by atoms with Crippen molar-refractivity contribution in [2.24, 2.45) is 5.92 Å². The van der Waals surface area contributed by atoms with Crippen LogP contribution in [-0.4, -0.2) is 41.9 Å². The molecular formula is C21H29N3O. The highest BCUT2D eigenvalue weighted by Crippen LogP contribution is 2.28. The highest BCUT2D eigenvalue weighted by molar-refractivity contribution is 5.76. The molecular weight excluding hydrogens is 310 g/mol. The topological polar surface area (TPSA) is 47.3 Å². The lowest BCUT2D eigenvalue weighted by Crippen LogP contribution is -2.35. The van der Waals surface area contributed by atoms with Gasteiger partial charge in [-0.15, -0.1) is 0 Å². The zero-order valence-corrected chi connectivity index (χ0v) is 15.1. The number of hydrogen-bond acceptors (Lipinski definition) is 3. The van der Waals surface area contributed by atoms with Crippen LogP contribution >= 0.6 is 0 Å². The van der Waals surface area contributed by atoms with E-state index in [4.69, 9.17) is 5.26 Å². The third-order valence-electron chi connectivity index (χ3n) is 5.67. The average molecular weight is 339 g/mol. The van der Waals surface area contributed by atoms with Gasteiger partial charge in [0.05, 0.1) is 11.6 Å². The molecule has 0 spiro atoms. The number of nitrogens with zero attached hydrogens (tertiary/aromatic N) is 3. The number of nitriles is 1. The Bertz CT molecular complexity index is 599. The van der Waals surface area contributed by atoms with Crippen molar-refractivity contribution in [3.63, 3.8) is 0 Å². The van der Waals surface area contributed by atoms with Crippen molar-refractivity contribution in [2.45, 2.75) is 51.5 Å². The van der Waals surface area contributed by atoms with E-state index < -0.39 is 0 Å². The van der Waals surface area contributed by atoms with E-state index in [2.05, 4.69) is 15.9 Å². The maximum absolute atomic E-state index is 12.5.